The number of hydrogen-bond donors (Lipinski definition) is 0. The SMILES string of the molecule is N#Cc1c(-n2c3ccccc3c3ccc(-c4ccc(-c5ccccc5)nc4)cc32)cc(-c2cccc(C(F)(F)F)c2)cc1-n1c2ccccc2c2ccc(-c3ccc(-c4ccccc4)nc3)cc21. The third kappa shape index (κ3) is 6.88. The molecule has 12 aromatic rings. The van der Waals surface area contributed by atoms with Gasteiger partial charge in [-0.1, -0.05) is 146 Å². The highest BCUT2D eigenvalue weighted by Gasteiger charge is 2.31. The molecule has 0 amide bonds. The van der Waals surface area contributed by atoms with E-state index < -0.39 is 11.7 Å². The molecule has 0 fully saturated rings. The Hall–Kier alpha value is -9.06. The topological polar surface area (TPSA) is 59.4 Å². The van der Waals surface area contributed by atoms with Gasteiger partial charge >= 0.3 is 6.18 Å². The molecule has 5 nitrogen and oxygen atoms in total. The molecule has 0 atom stereocenters. The highest BCUT2D eigenvalue weighted by molar-refractivity contribution is 6.12. The molecule has 0 radical (unpaired) electrons. The van der Waals surface area contributed by atoms with Crippen molar-refractivity contribution in [2.75, 3.05) is 0 Å². The molecule has 322 valence electrons. The molecule has 4 aromatic heterocycles. The van der Waals surface area contributed by atoms with Crippen LogP contribution in [0.2, 0.25) is 0 Å². The van der Waals surface area contributed by atoms with Crippen LogP contribution in [-0.2, 0) is 6.18 Å². The fourth-order valence-electron chi connectivity index (χ4n) is 9.63. The van der Waals surface area contributed by atoms with Crippen LogP contribution in [0, 0.1) is 11.3 Å². The second-order valence-corrected chi connectivity index (χ2v) is 16.8. The average molecular weight is 884 g/mol. The first-order chi connectivity index (χ1) is 33.3. The number of benzene rings is 8. The van der Waals surface area contributed by atoms with Crippen LogP contribution in [0.5, 0.6) is 0 Å². The molecule has 0 aliphatic rings. The van der Waals surface area contributed by atoms with E-state index in [1.807, 2.05) is 134 Å². The lowest BCUT2D eigenvalue weighted by Gasteiger charge is -2.19. The summed E-state index contributed by atoms with van der Waals surface area (Å²) < 4.78 is 47.4. The molecule has 0 saturated heterocycles. The van der Waals surface area contributed by atoms with Gasteiger partial charge in [-0.3, -0.25) is 9.97 Å². The Morgan fingerprint density at radius 3 is 1.25 bits per heavy atom. The molecule has 0 bridgehead atoms. The van der Waals surface area contributed by atoms with Gasteiger partial charge in [0.15, 0.2) is 0 Å². The number of para-hydroxylation sites is 2. The minimum atomic E-state index is -4.57. The fourth-order valence-corrected chi connectivity index (χ4v) is 9.63. The smallest absolute Gasteiger partial charge is 0.308 e. The van der Waals surface area contributed by atoms with Gasteiger partial charge in [0, 0.05) is 56.2 Å². The monoisotopic (exact) mass is 883 g/mol. The fraction of sp³-hybridized carbons (Fsp3) is 0.0167. The third-order valence-corrected chi connectivity index (χ3v) is 12.9. The van der Waals surface area contributed by atoms with Crippen molar-refractivity contribution in [1.82, 2.24) is 19.1 Å². The number of pyridine rings is 2. The lowest BCUT2D eigenvalue weighted by Crippen LogP contribution is -2.06. The number of rotatable bonds is 7. The Morgan fingerprint density at radius 2 is 0.794 bits per heavy atom. The predicted octanol–water partition coefficient (Wildman–Crippen LogP) is 15.9. The van der Waals surface area contributed by atoms with E-state index in [0.717, 1.165) is 94.4 Å². The highest BCUT2D eigenvalue weighted by Crippen LogP contribution is 2.43. The van der Waals surface area contributed by atoms with E-state index in [9.17, 15) is 18.4 Å². The van der Waals surface area contributed by atoms with Gasteiger partial charge in [-0.2, -0.15) is 18.4 Å². The molecule has 68 heavy (non-hydrogen) atoms. The second kappa shape index (κ2) is 16.1. The van der Waals surface area contributed by atoms with E-state index in [1.165, 1.54) is 12.1 Å². The van der Waals surface area contributed by atoms with Crippen LogP contribution in [0.4, 0.5) is 13.2 Å². The number of alkyl halides is 3. The van der Waals surface area contributed by atoms with E-state index in [0.29, 0.717) is 28.1 Å². The van der Waals surface area contributed by atoms with Crippen molar-refractivity contribution in [1.29, 1.82) is 5.26 Å². The molecular weight excluding hydrogens is 848 g/mol. The van der Waals surface area contributed by atoms with E-state index in [1.54, 1.807) is 6.07 Å². The molecule has 0 N–H and O–H groups in total. The van der Waals surface area contributed by atoms with Gasteiger partial charge in [-0.15, -0.1) is 0 Å². The third-order valence-electron chi connectivity index (χ3n) is 12.9. The van der Waals surface area contributed by atoms with Crippen LogP contribution in [-0.4, -0.2) is 19.1 Å². The number of nitriles is 1. The first-order valence-electron chi connectivity index (χ1n) is 22.2. The maximum atomic E-state index is 14.4. The van der Waals surface area contributed by atoms with Crippen LogP contribution < -0.4 is 0 Å². The number of hydrogen-bond acceptors (Lipinski definition) is 3. The Labute approximate surface area is 388 Å². The van der Waals surface area contributed by atoms with E-state index in [-0.39, 0.29) is 0 Å². The van der Waals surface area contributed by atoms with Gasteiger partial charge in [-0.25, -0.2) is 0 Å². The van der Waals surface area contributed by atoms with E-state index in [2.05, 4.69) is 75.9 Å². The van der Waals surface area contributed by atoms with Crippen molar-refractivity contribution in [2.45, 2.75) is 6.18 Å². The molecule has 4 heterocycles. The normalized spacial score (nSPS) is 11.7. The molecule has 0 spiro atoms. The minimum Gasteiger partial charge on any atom is -0.308 e. The van der Waals surface area contributed by atoms with Crippen LogP contribution >= 0.6 is 0 Å². The Bertz CT molecular complexity index is 3720. The number of nitrogens with zero attached hydrogens (tertiary/aromatic N) is 5. The van der Waals surface area contributed by atoms with Gasteiger partial charge in [0.25, 0.3) is 0 Å². The molecule has 8 heteroatoms. The summed E-state index contributed by atoms with van der Waals surface area (Å²) in [6, 6.07) is 68.5. The summed E-state index contributed by atoms with van der Waals surface area (Å²) in [4.78, 5) is 9.64. The summed E-state index contributed by atoms with van der Waals surface area (Å²) in [6.45, 7) is 0. The summed E-state index contributed by atoms with van der Waals surface area (Å²) >= 11 is 0. The lowest BCUT2D eigenvalue weighted by atomic mass is 9.98. The van der Waals surface area contributed by atoms with Crippen molar-refractivity contribution in [3.05, 3.63) is 230 Å². The van der Waals surface area contributed by atoms with Crippen molar-refractivity contribution < 1.29 is 13.2 Å². The second-order valence-electron chi connectivity index (χ2n) is 16.8. The van der Waals surface area contributed by atoms with Crippen LogP contribution in [0.3, 0.4) is 0 Å². The van der Waals surface area contributed by atoms with E-state index >= 15 is 0 Å². The van der Waals surface area contributed by atoms with Crippen LogP contribution in [0.15, 0.2) is 219 Å². The van der Waals surface area contributed by atoms with Crippen molar-refractivity contribution in [3.63, 3.8) is 0 Å². The standard InChI is InChI=1S/C60H36F3N5/c61-60(62,63)46-17-11-16-40(30-46)45-33-58(67-54-20-9-7-18-47(54)49-26-22-41(31-56(49)67)43-24-28-52(65-36-43)38-12-3-1-4-13-38)51(35-64)59(34-45)68-55-21-10-8-19-48(55)50-27-23-42(32-57(50)68)44-25-29-53(66-37-44)39-14-5-2-6-15-39/h1-34,36-37H. The number of fused-ring (bicyclic) bond motifs is 6. The summed E-state index contributed by atoms with van der Waals surface area (Å²) in [5.41, 5.74) is 12.3. The molecule has 0 saturated carbocycles. The first kappa shape index (κ1) is 40.4. The minimum absolute atomic E-state index is 0.351. The van der Waals surface area contributed by atoms with Gasteiger partial charge in [0.1, 0.15) is 11.6 Å². The maximum absolute atomic E-state index is 14.4. The summed E-state index contributed by atoms with van der Waals surface area (Å²) in [5, 5.41) is 15.4. The first-order valence-corrected chi connectivity index (χ1v) is 22.2. The maximum Gasteiger partial charge on any atom is 0.416 e. The molecule has 8 aromatic carbocycles. The van der Waals surface area contributed by atoms with Gasteiger partial charge in [0.2, 0.25) is 0 Å². The summed E-state index contributed by atoms with van der Waals surface area (Å²) in [7, 11) is 0. The van der Waals surface area contributed by atoms with Crippen molar-refractivity contribution >= 4 is 43.6 Å². The number of halogens is 3. The molecule has 0 unspecified atom stereocenters. The predicted molar refractivity (Wildman–Crippen MR) is 268 cm³/mol. The van der Waals surface area contributed by atoms with Gasteiger partial charge in [-0.05, 0) is 82.9 Å². The zero-order chi connectivity index (χ0) is 45.9. The van der Waals surface area contributed by atoms with E-state index in [4.69, 9.17) is 9.97 Å². The summed E-state index contributed by atoms with van der Waals surface area (Å²) in [5.74, 6) is 0. The zero-order valence-corrected chi connectivity index (χ0v) is 36.2. The highest BCUT2D eigenvalue weighted by atomic mass is 19.4. The Kier molecular flexibility index (Phi) is 9.59. The van der Waals surface area contributed by atoms with Gasteiger partial charge < -0.3 is 9.13 Å². The van der Waals surface area contributed by atoms with Crippen molar-refractivity contribution in [3.8, 4) is 73.3 Å². The van der Waals surface area contributed by atoms with Crippen LogP contribution in [0.1, 0.15) is 11.1 Å². The largest absolute Gasteiger partial charge is 0.416 e. The average Bonchev–Trinajstić information content (AvgIpc) is 3.90. The Balaban J connectivity index is 1.12. The quantitative estimate of drug-likeness (QED) is 0.160. The lowest BCUT2D eigenvalue weighted by molar-refractivity contribution is -0.137. The molecule has 12 rings (SSSR count). The Morgan fingerprint density at radius 1 is 0.368 bits per heavy atom. The van der Waals surface area contributed by atoms with Crippen LogP contribution in [0.25, 0.3) is 111 Å². The zero-order valence-electron chi connectivity index (χ0n) is 36.2. The van der Waals surface area contributed by atoms with Crippen molar-refractivity contribution in [2.24, 2.45) is 0 Å². The van der Waals surface area contributed by atoms with Gasteiger partial charge in [0.05, 0.1) is 50.4 Å². The summed E-state index contributed by atoms with van der Waals surface area (Å²) in [6.07, 6.45) is -0.829. The molecular formula is C60H36F3N5. The molecule has 0 aliphatic carbocycles. The number of aromatic nitrogens is 4. The molecule has 0 aliphatic heterocycles.